The number of likely N-dealkylation sites (tertiary alicyclic amines) is 1. The third kappa shape index (κ3) is 8.47. The number of nitrogens with one attached hydrogen (secondary N) is 1. The van der Waals surface area contributed by atoms with E-state index in [1.54, 1.807) is 16.2 Å². The number of allylic oxidation sites excluding steroid dienone is 3. The highest BCUT2D eigenvalue weighted by Gasteiger charge is 2.36. The highest BCUT2D eigenvalue weighted by atomic mass is 32.1. The molecule has 0 aliphatic carbocycles. The monoisotopic (exact) mass is 601 g/mol. The molecule has 1 atom stereocenters. The van der Waals surface area contributed by atoms with Gasteiger partial charge in [-0.15, -0.1) is 11.3 Å². The van der Waals surface area contributed by atoms with Crippen LogP contribution in [0.25, 0.3) is 0 Å². The molecule has 2 aliphatic rings. The largest absolute Gasteiger partial charge is 0.444 e. The van der Waals surface area contributed by atoms with Gasteiger partial charge in [-0.05, 0) is 85.8 Å². The van der Waals surface area contributed by atoms with Gasteiger partial charge in [0, 0.05) is 68.2 Å². The Bertz CT molecular complexity index is 1200. The number of ether oxygens (including phenoxy) is 2. The van der Waals surface area contributed by atoms with Gasteiger partial charge in [-0.3, -0.25) is 9.59 Å². The van der Waals surface area contributed by atoms with E-state index in [4.69, 9.17) is 9.47 Å². The van der Waals surface area contributed by atoms with Crippen LogP contribution in [0.2, 0.25) is 0 Å². The lowest BCUT2D eigenvalue weighted by atomic mass is 9.98. The summed E-state index contributed by atoms with van der Waals surface area (Å²) in [5.74, 6) is -0.104. The Balaban J connectivity index is 1.97. The molecule has 0 saturated carbocycles. The number of thiophene rings is 1. The molecule has 2 fully saturated rings. The number of nitrogens with zero attached hydrogens (tertiary/aromatic N) is 2. The average molecular weight is 602 g/mol. The number of amides is 2. The van der Waals surface area contributed by atoms with Crippen molar-refractivity contribution in [1.29, 1.82) is 0 Å². The van der Waals surface area contributed by atoms with Gasteiger partial charge in [0.2, 0.25) is 0 Å². The Kier molecular flexibility index (Phi) is 11.8. The smallest absolute Gasteiger partial charge is 0.410 e. The zero-order chi connectivity index (χ0) is 31.2. The number of carbonyl (C=O) groups is 3. The first-order chi connectivity index (χ1) is 19.8. The number of hydrogen-bond acceptors (Lipinski definition) is 7. The highest BCUT2D eigenvalue weighted by Crippen LogP contribution is 2.44. The minimum Gasteiger partial charge on any atom is -0.444 e. The van der Waals surface area contributed by atoms with E-state index in [1.165, 1.54) is 0 Å². The van der Waals surface area contributed by atoms with Crippen LogP contribution in [0, 0.1) is 6.92 Å². The maximum Gasteiger partial charge on any atom is 0.410 e. The van der Waals surface area contributed by atoms with E-state index in [1.807, 2.05) is 61.5 Å². The summed E-state index contributed by atoms with van der Waals surface area (Å²) in [6.07, 6.45) is 4.73. The van der Waals surface area contributed by atoms with Crippen LogP contribution in [-0.2, 0) is 14.3 Å². The molecule has 0 aromatic carbocycles. The molecule has 0 bridgehead atoms. The zero-order valence-corrected chi connectivity index (χ0v) is 28.0. The van der Waals surface area contributed by atoms with Crippen LogP contribution < -0.4 is 10.2 Å². The number of Topliss-reactive ketones (excluding diaryl/α,β-unsaturated/α-hetero) is 1. The summed E-state index contributed by atoms with van der Waals surface area (Å²) in [6.45, 7) is 21.2. The summed E-state index contributed by atoms with van der Waals surface area (Å²) in [5, 5.41) is 4.22. The molecule has 9 heteroatoms. The average Bonchev–Trinajstić information content (AvgIpc) is 3.54. The molecule has 2 saturated heterocycles. The van der Waals surface area contributed by atoms with Crippen LogP contribution >= 0.6 is 11.3 Å². The van der Waals surface area contributed by atoms with Gasteiger partial charge < -0.3 is 24.6 Å². The van der Waals surface area contributed by atoms with E-state index in [-0.39, 0.29) is 30.2 Å². The Labute approximate surface area is 256 Å². The molecule has 3 heterocycles. The number of ketones is 1. The molecule has 42 heavy (non-hydrogen) atoms. The normalized spacial score (nSPS) is 18.4. The summed E-state index contributed by atoms with van der Waals surface area (Å²) >= 11 is 1.68. The van der Waals surface area contributed by atoms with Gasteiger partial charge in [-0.2, -0.15) is 0 Å². The molecule has 1 unspecified atom stereocenters. The summed E-state index contributed by atoms with van der Waals surface area (Å²) in [5.41, 5.74) is 3.69. The zero-order valence-electron chi connectivity index (χ0n) is 27.1. The van der Waals surface area contributed by atoms with E-state index in [2.05, 4.69) is 17.1 Å². The van der Waals surface area contributed by atoms with Gasteiger partial charge in [-0.25, -0.2) is 4.79 Å². The van der Waals surface area contributed by atoms with Crippen LogP contribution in [0.4, 0.5) is 9.80 Å². The van der Waals surface area contributed by atoms with Gasteiger partial charge in [0.05, 0.1) is 10.6 Å². The predicted molar refractivity (Wildman–Crippen MR) is 171 cm³/mol. The molecular weight excluding hydrogens is 550 g/mol. The third-order valence-electron chi connectivity index (χ3n) is 7.88. The lowest BCUT2D eigenvalue weighted by molar-refractivity contribution is -0.115. The van der Waals surface area contributed by atoms with Crippen LogP contribution in [-0.4, -0.2) is 73.7 Å². The Morgan fingerprint density at radius 3 is 2.36 bits per heavy atom. The molecule has 2 aliphatic heterocycles. The van der Waals surface area contributed by atoms with Crippen molar-refractivity contribution >= 4 is 34.1 Å². The van der Waals surface area contributed by atoms with Gasteiger partial charge in [0.1, 0.15) is 5.60 Å². The second kappa shape index (κ2) is 14.7. The maximum atomic E-state index is 14.0. The molecule has 8 nitrogen and oxygen atoms in total. The van der Waals surface area contributed by atoms with E-state index in [0.717, 1.165) is 65.6 Å². The first-order valence-electron chi connectivity index (χ1n) is 15.4. The summed E-state index contributed by atoms with van der Waals surface area (Å²) in [6, 6.07) is 0.357. The summed E-state index contributed by atoms with van der Waals surface area (Å²) in [4.78, 5) is 44.9. The minimum atomic E-state index is -0.566. The van der Waals surface area contributed by atoms with Gasteiger partial charge in [0.15, 0.2) is 5.78 Å². The molecule has 3 rings (SSSR count). The third-order valence-corrected chi connectivity index (χ3v) is 9.38. The topological polar surface area (TPSA) is 88.2 Å². The Morgan fingerprint density at radius 1 is 1.12 bits per heavy atom. The molecule has 0 spiro atoms. The van der Waals surface area contributed by atoms with E-state index >= 15 is 0 Å². The van der Waals surface area contributed by atoms with Crippen molar-refractivity contribution in [2.45, 2.75) is 106 Å². The van der Waals surface area contributed by atoms with Crippen molar-refractivity contribution in [2.24, 2.45) is 0 Å². The Morgan fingerprint density at radius 2 is 1.79 bits per heavy atom. The molecule has 0 radical (unpaired) electrons. The molecule has 234 valence electrons. The Hall–Kier alpha value is -2.65. The van der Waals surface area contributed by atoms with Crippen LogP contribution in [0.3, 0.4) is 0 Å². The molecule has 1 aromatic rings. The fourth-order valence-electron chi connectivity index (χ4n) is 5.85. The van der Waals surface area contributed by atoms with E-state index < -0.39 is 5.60 Å². The number of anilines is 1. The van der Waals surface area contributed by atoms with Gasteiger partial charge >= 0.3 is 6.09 Å². The van der Waals surface area contributed by atoms with Crippen LogP contribution in [0.5, 0.6) is 0 Å². The van der Waals surface area contributed by atoms with Crippen molar-refractivity contribution in [3.8, 4) is 0 Å². The summed E-state index contributed by atoms with van der Waals surface area (Å²) < 4.78 is 11.3. The van der Waals surface area contributed by atoms with Crippen molar-refractivity contribution in [3.05, 3.63) is 38.8 Å². The molecule has 1 aromatic heterocycles. The number of hydrogen-bond donors (Lipinski definition) is 1. The standard InChI is InChI=1S/C33H51N3O5S/c1-10-27(37)26(22(5)18-21(3)4)19-34-30(38)28-23(6)31(36(11-2)25-13-16-40-17-14-25)42-29(28)24-12-15-35(20-24)32(39)41-33(7,8)9/h18,24-25H,10-17,19-20H2,1-9H3,(H,34,38)/b26-22-. The summed E-state index contributed by atoms with van der Waals surface area (Å²) in [7, 11) is 0. The van der Waals surface area contributed by atoms with Crippen LogP contribution in [0.15, 0.2) is 22.8 Å². The first-order valence-corrected chi connectivity index (χ1v) is 16.2. The number of rotatable bonds is 10. The number of carbonyl (C=O) groups excluding carboxylic acids is 3. The van der Waals surface area contributed by atoms with Crippen LogP contribution in [0.1, 0.15) is 108 Å². The second-order valence-electron chi connectivity index (χ2n) is 12.7. The van der Waals surface area contributed by atoms with Crippen molar-refractivity contribution in [2.75, 3.05) is 44.3 Å². The maximum absolute atomic E-state index is 14.0. The second-order valence-corrected chi connectivity index (χ2v) is 13.7. The van der Waals surface area contributed by atoms with E-state index in [9.17, 15) is 14.4 Å². The molecular formula is C33H51N3O5S. The fourth-order valence-corrected chi connectivity index (χ4v) is 7.41. The fraction of sp³-hybridized carbons (Fsp3) is 0.667. The molecule has 2 amide bonds. The highest BCUT2D eigenvalue weighted by molar-refractivity contribution is 7.16. The quantitative estimate of drug-likeness (QED) is 0.235. The lowest BCUT2D eigenvalue weighted by Gasteiger charge is -2.35. The van der Waals surface area contributed by atoms with E-state index in [0.29, 0.717) is 36.7 Å². The van der Waals surface area contributed by atoms with Gasteiger partial charge in [0.25, 0.3) is 5.91 Å². The first kappa shape index (κ1) is 33.8. The van der Waals surface area contributed by atoms with Crippen molar-refractivity contribution in [1.82, 2.24) is 10.2 Å². The minimum absolute atomic E-state index is 0.0313. The van der Waals surface area contributed by atoms with Gasteiger partial charge in [-0.1, -0.05) is 18.6 Å². The molecule has 1 N–H and O–H groups in total. The lowest BCUT2D eigenvalue weighted by Crippen LogP contribution is -2.39. The SMILES string of the molecule is CCC(=O)/C(CNC(=O)c1c(C2CCN(C(=O)OC(C)(C)C)C2)sc(N(CC)C2CCOCC2)c1C)=C(/C)C=C(C)C. The predicted octanol–water partition coefficient (Wildman–Crippen LogP) is 6.78. The van der Waals surface area contributed by atoms with Crippen molar-refractivity contribution < 1.29 is 23.9 Å². The van der Waals surface area contributed by atoms with Crippen molar-refractivity contribution in [3.63, 3.8) is 0 Å².